The van der Waals surface area contributed by atoms with Crippen LogP contribution in [0.25, 0.3) is 0 Å². The molecule has 0 saturated carbocycles. The zero-order valence-corrected chi connectivity index (χ0v) is 24.3. The number of nitrogens with one attached hydrogen (secondary N) is 3. The van der Waals surface area contributed by atoms with Crippen molar-refractivity contribution in [2.24, 2.45) is 5.41 Å². The highest BCUT2D eigenvalue weighted by atomic mass is 32.2. The minimum atomic E-state index is -0.712. The minimum absolute atomic E-state index is 0.132. The Hall–Kier alpha value is -2.81. The van der Waals surface area contributed by atoms with E-state index in [1.54, 1.807) is 23.6 Å². The highest BCUT2D eigenvalue weighted by Gasteiger charge is 2.55. The van der Waals surface area contributed by atoms with E-state index < -0.39 is 29.7 Å². The summed E-state index contributed by atoms with van der Waals surface area (Å²) in [4.78, 5) is 41.6. The van der Waals surface area contributed by atoms with E-state index in [2.05, 4.69) is 21.9 Å². The van der Waals surface area contributed by atoms with E-state index in [1.165, 1.54) is 7.05 Å². The molecule has 0 aromatic heterocycles. The fraction of sp³-hybridized carbons (Fsp3) is 0.571. The van der Waals surface area contributed by atoms with Gasteiger partial charge in [0.15, 0.2) is 6.10 Å². The van der Waals surface area contributed by atoms with Crippen molar-refractivity contribution in [3.8, 4) is 12.3 Å². The van der Waals surface area contributed by atoms with E-state index in [0.717, 1.165) is 16.9 Å². The number of thiocarbonyl (C=S) groups is 1. The standard InChI is InChI=1S/C28H36N4O5S2/c1-6-12-36-20-14-17-9-7-8-10-18(17)22(20)31-24(33)23-28(3,4)15-21-32(23)26(34)19(11-13-39-21)30-25(38)16(2)37-27(35)29-5/h1,7-10,16,19-23H,11-15H2,2-5H3,(H,29,35)(H,30,38)(H,31,33)/t16?,19-,20+,21-,22-,23+/m0/s1. The van der Waals surface area contributed by atoms with Crippen LogP contribution in [-0.2, 0) is 25.5 Å². The summed E-state index contributed by atoms with van der Waals surface area (Å²) >= 11 is 7.12. The van der Waals surface area contributed by atoms with Crippen molar-refractivity contribution in [2.75, 3.05) is 19.4 Å². The maximum Gasteiger partial charge on any atom is 0.407 e. The molecule has 3 N–H and O–H groups in total. The van der Waals surface area contributed by atoms with E-state index in [1.807, 2.05) is 38.1 Å². The maximum atomic E-state index is 14.0. The molecular formula is C28H36N4O5S2. The smallest absolute Gasteiger partial charge is 0.407 e. The number of alkyl carbamates (subject to hydrolysis) is 1. The topological polar surface area (TPSA) is 109 Å². The number of carbonyl (C=O) groups is 3. The molecule has 0 spiro atoms. The van der Waals surface area contributed by atoms with Crippen LogP contribution in [0.3, 0.4) is 0 Å². The van der Waals surface area contributed by atoms with E-state index >= 15 is 0 Å². The molecule has 210 valence electrons. The number of amides is 3. The molecular weight excluding hydrogens is 536 g/mol. The number of hydrogen-bond donors (Lipinski definition) is 3. The van der Waals surface area contributed by atoms with Crippen molar-refractivity contribution in [1.29, 1.82) is 0 Å². The average molecular weight is 573 g/mol. The first-order chi connectivity index (χ1) is 18.6. The molecule has 11 heteroatoms. The molecule has 3 amide bonds. The van der Waals surface area contributed by atoms with Crippen LogP contribution in [0.2, 0.25) is 0 Å². The minimum Gasteiger partial charge on any atom is -0.439 e. The van der Waals surface area contributed by atoms with Crippen LogP contribution in [0, 0.1) is 17.8 Å². The quantitative estimate of drug-likeness (QED) is 0.338. The van der Waals surface area contributed by atoms with Crippen LogP contribution in [0.5, 0.6) is 0 Å². The van der Waals surface area contributed by atoms with Crippen molar-refractivity contribution >= 4 is 46.9 Å². The van der Waals surface area contributed by atoms with E-state index in [-0.39, 0.29) is 40.9 Å². The zero-order valence-electron chi connectivity index (χ0n) is 22.7. The van der Waals surface area contributed by atoms with Gasteiger partial charge in [0.25, 0.3) is 0 Å². The van der Waals surface area contributed by atoms with Gasteiger partial charge in [-0.2, -0.15) is 0 Å². The molecule has 1 aromatic carbocycles. The molecule has 0 bridgehead atoms. The van der Waals surface area contributed by atoms with Gasteiger partial charge < -0.3 is 30.3 Å². The molecule has 2 heterocycles. The van der Waals surface area contributed by atoms with Crippen molar-refractivity contribution in [1.82, 2.24) is 20.9 Å². The number of nitrogens with zero attached hydrogens (tertiary/aromatic N) is 1. The molecule has 4 rings (SSSR count). The molecule has 9 nitrogen and oxygen atoms in total. The summed E-state index contributed by atoms with van der Waals surface area (Å²) in [6.07, 6.45) is 5.71. The van der Waals surface area contributed by atoms with Crippen LogP contribution in [0.1, 0.15) is 50.8 Å². The Labute approximate surface area is 239 Å². The van der Waals surface area contributed by atoms with Gasteiger partial charge in [0.2, 0.25) is 11.8 Å². The molecule has 1 aliphatic carbocycles. The summed E-state index contributed by atoms with van der Waals surface area (Å²) in [6, 6.07) is 6.27. The first-order valence-electron chi connectivity index (χ1n) is 13.1. The number of benzene rings is 1. The summed E-state index contributed by atoms with van der Waals surface area (Å²) in [5.41, 5.74) is 1.66. The molecule has 2 saturated heterocycles. The van der Waals surface area contributed by atoms with Gasteiger partial charge in [-0.15, -0.1) is 18.2 Å². The number of hydrogen-bond acceptors (Lipinski definition) is 7. The molecule has 2 aliphatic heterocycles. The third-order valence-electron chi connectivity index (χ3n) is 7.58. The summed E-state index contributed by atoms with van der Waals surface area (Å²) in [5.74, 6) is 2.84. The summed E-state index contributed by atoms with van der Waals surface area (Å²) in [6.45, 7) is 5.86. The Balaban J connectivity index is 1.54. The van der Waals surface area contributed by atoms with Gasteiger partial charge in [-0.3, -0.25) is 9.59 Å². The van der Waals surface area contributed by atoms with Gasteiger partial charge in [-0.1, -0.05) is 56.3 Å². The highest BCUT2D eigenvalue weighted by Crippen LogP contribution is 2.46. The predicted octanol–water partition coefficient (Wildman–Crippen LogP) is 2.54. The number of fused-ring (bicyclic) bond motifs is 2. The van der Waals surface area contributed by atoms with Crippen molar-refractivity contribution in [3.63, 3.8) is 0 Å². The Morgan fingerprint density at radius 3 is 2.77 bits per heavy atom. The predicted molar refractivity (Wildman–Crippen MR) is 154 cm³/mol. The highest BCUT2D eigenvalue weighted by molar-refractivity contribution is 7.99. The lowest BCUT2D eigenvalue weighted by Gasteiger charge is -2.35. The number of ether oxygens (including phenoxy) is 2. The Kier molecular flexibility index (Phi) is 9.09. The Morgan fingerprint density at radius 1 is 1.31 bits per heavy atom. The van der Waals surface area contributed by atoms with Gasteiger partial charge in [-0.05, 0) is 42.1 Å². The molecule has 0 radical (unpaired) electrons. The zero-order chi connectivity index (χ0) is 28.3. The van der Waals surface area contributed by atoms with Crippen molar-refractivity contribution in [2.45, 2.75) is 75.7 Å². The van der Waals surface area contributed by atoms with Gasteiger partial charge in [0.1, 0.15) is 23.7 Å². The fourth-order valence-corrected chi connectivity index (χ4v) is 7.45. The lowest BCUT2D eigenvalue weighted by Crippen LogP contribution is -2.58. The SMILES string of the molecule is C#CCO[C@@H]1Cc2ccccc2[C@@H]1NC(=O)[C@H]1N2C(=O)[C@@H](NC(=S)C(C)OC(=O)NC)CCS[C@H]2CC1(C)C. The Bertz CT molecular complexity index is 1170. The normalized spacial score (nSPS) is 27.8. The van der Waals surface area contributed by atoms with E-state index in [9.17, 15) is 14.4 Å². The fourth-order valence-electron chi connectivity index (χ4n) is 5.69. The van der Waals surface area contributed by atoms with Crippen molar-refractivity contribution < 1.29 is 23.9 Å². The number of terminal acetylenes is 1. The van der Waals surface area contributed by atoms with Crippen LogP contribution in [-0.4, -0.2) is 76.9 Å². The summed E-state index contributed by atoms with van der Waals surface area (Å²) in [7, 11) is 1.46. The first kappa shape index (κ1) is 29.2. The number of carbonyl (C=O) groups excluding carboxylic acids is 3. The van der Waals surface area contributed by atoms with Gasteiger partial charge in [-0.25, -0.2) is 4.79 Å². The van der Waals surface area contributed by atoms with Gasteiger partial charge in [0.05, 0.1) is 17.5 Å². The molecule has 6 atom stereocenters. The Morgan fingerprint density at radius 2 is 2.05 bits per heavy atom. The van der Waals surface area contributed by atoms with Crippen molar-refractivity contribution in [3.05, 3.63) is 35.4 Å². The monoisotopic (exact) mass is 572 g/mol. The lowest BCUT2D eigenvalue weighted by molar-refractivity contribution is -0.143. The molecule has 39 heavy (non-hydrogen) atoms. The number of rotatable bonds is 7. The van der Waals surface area contributed by atoms with Gasteiger partial charge in [0, 0.05) is 13.5 Å². The lowest BCUT2D eigenvalue weighted by atomic mass is 9.83. The second kappa shape index (κ2) is 12.1. The average Bonchev–Trinajstić information content (AvgIpc) is 3.33. The van der Waals surface area contributed by atoms with Crippen LogP contribution in [0.15, 0.2) is 24.3 Å². The summed E-state index contributed by atoms with van der Waals surface area (Å²) in [5, 5.41) is 8.58. The maximum absolute atomic E-state index is 14.0. The van der Waals surface area contributed by atoms with Gasteiger partial charge >= 0.3 is 6.09 Å². The second-order valence-electron chi connectivity index (χ2n) is 10.8. The third kappa shape index (κ3) is 6.18. The molecule has 2 fully saturated rings. The molecule has 1 unspecified atom stereocenters. The number of thioether (sulfide) groups is 1. The first-order valence-corrected chi connectivity index (χ1v) is 14.6. The molecule has 3 aliphatic rings. The second-order valence-corrected chi connectivity index (χ2v) is 12.5. The third-order valence-corrected chi connectivity index (χ3v) is 9.28. The summed E-state index contributed by atoms with van der Waals surface area (Å²) < 4.78 is 11.1. The largest absolute Gasteiger partial charge is 0.439 e. The molecule has 1 aromatic rings. The van der Waals surface area contributed by atoms with E-state index in [4.69, 9.17) is 28.1 Å². The van der Waals surface area contributed by atoms with Crippen LogP contribution in [0.4, 0.5) is 4.79 Å². The van der Waals surface area contributed by atoms with E-state index in [0.29, 0.717) is 19.3 Å². The van der Waals surface area contributed by atoms with Crippen LogP contribution < -0.4 is 16.0 Å². The van der Waals surface area contributed by atoms with Crippen LogP contribution >= 0.6 is 24.0 Å².